The summed E-state index contributed by atoms with van der Waals surface area (Å²) < 4.78 is 18.6. The number of ether oxygens (including phenoxy) is 1. The molecular formula is C13H17FN2O2. The van der Waals surface area contributed by atoms with Crippen LogP contribution in [0, 0.1) is 5.82 Å². The van der Waals surface area contributed by atoms with Gasteiger partial charge >= 0.3 is 0 Å². The van der Waals surface area contributed by atoms with Crippen LogP contribution in [0.15, 0.2) is 12.1 Å². The number of hydrogen-bond donors (Lipinski definition) is 2. The smallest absolute Gasteiger partial charge is 0.234 e. The SMILES string of the molecule is COCC(N)c1cc(F)cc2c1NC(=O)C2(C)C. The lowest BCUT2D eigenvalue weighted by atomic mass is 9.85. The van der Waals surface area contributed by atoms with Crippen LogP contribution in [-0.2, 0) is 14.9 Å². The quantitative estimate of drug-likeness (QED) is 0.860. The number of rotatable bonds is 3. The van der Waals surface area contributed by atoms with Gasteiger partial charge in [0, 0.05) is 7.11 Å². The molecule has 1 aromatic rings. The van der Waals surface area contributed by atoms with Crippen molar-refractivity contribution < 1.29 is 13.9 Å². The van der Waals surface area contributed by atoms with E-state index < -0.39 is 11.5 Å². The molecule has 0 radical (unpaired) electrons. The Morgan fingerprint density at radius 3 is 2.78 bits per heavy atom. The predicted octanol–water partition coefficient (Wildman–Crippen LogP) is 1.70. The molecule has 1 unspecified atom stereocenters. The average molecular weight is 252 g/mol. The lowest BCUT2D eigenvalue weighted by molar-refractivity contribution is -0.119. The lowest BCUT2D eigenvalue weighted by Crippen LogP contribution is -2.26. The van der Waals surface area contributed by atoms with Gasteiger partial charge in [0.15, 0.2) is 0 Å². The minimum absolute atomic E-state index is 0.144. The molecule has 2 rings (SSSR count). The topological polar surface area (TPSA) is 64.3 Å². The van der Waals surface area contributed by atoms with Crippen molar-refractivity contribution in [1.29, 1.82) is 0 Å². The largest absolute Gasteiger partial charge is 0.383 e. The van der Waals surface area contributed by atoms with Crippen LogP contribution in [0.5, 0.6) is 0 Å². The van der Waals surface area contributed by atoms with E-state index in [1.807, 2.05) is 0 Å². The van der Waals surface area contributed by atoms with Crippen LogP contribution < -0.4 is 11.1 Å². The highest BCUT2D eigenvalue weighted by molar-refractivity contribution is 6.06. The minimum Gasteiger partial charge on any atom is -0.383 e. The van der Waals surface area contributed by atoms with Gasteiger partial charge < -0.3 is 15.8 Å². The van der Waals surface area contributed by atoms with Gasteiger partial charge in [0.2, 0.25) is 5.91 Å². The molecule has 4 nitrogen and oxygen atoms in total. The number of amides is 1. The second-order valence-electron chi connectivity index (χ2n) is 5.06. The summed E-state index contributed by atoms with van der Waals surface area (Å²) in [5.74, 6) is -0.533. The van der Waals surface area contributed by atoms with E-state index in [1.165, 1.54) is 19.2 Å². The van der Waals surface area contributed by atoms with Crippen LogP contribution in [0.4, 0.5) is 10.1 Å². The van der Waals surface area contributed by atoms with Crippen LogP contribution >= 0.6 is 0 Å². The molecule has 18 heavy (non-hydrogen) atoms. The Morgan fingerprint density at radius 1 is 1.50 bits per heavy atom. The van der Waals surface area contributed by atoms with Crippen molar-refractivity contribution in [1.82, 2.24) is 0 Å². The first-order chi connectivity index (χ1) is 8.37. The second kappa shape index (κ2) is 4.33. The fourth-order valence-corrected chi connectivity index (χ4v) is 2.21. The zero-order valence-corrected chi connectivity index (χ0v) is 10.7. The highest BCUT2D eigenvalue weighted by atomic mass is 19.1. The van der Waals surface area contributed by atoms with Gasteiger partial charge in [-0.15, -0.1) is 0 Å². The summed E-state index contributed by atoms with van der Waals surface area (Å²) in [6.07, 6.45) is 0. The molecule has 1 aromatic carbocycles. The predicted molar refractivity (Wildman–Crippen MR) is 66.9 cm³/mol. The van der Waals surface area contributed by atoms with Crippen molar-refractivity contribution in [3.05, 3.63) is 29.1 Å². The lowest BCUT2D eigenvalue weighted by Gasteiger charge is -2.18. The first kappa shape index (κ1) is 13.0. The number of fused-ring (bicyclic) bond motifs is 1. The minimum atomic E-state index is -0.737. The molecule has 1 atom stereocenters. The molecule has 0 aliphatic carbocycles. The van der Waals surface area contributed by atoms with Gasteiger partial charge in [0.1, 0.15) is 5.82 Å². The van der Waals surface area contributed by atoms with Gasteiger partial charge in [-0.1, -0.05) is 0 Å². The molecule has 0 bridgehead atoms. The third-order valence-electron chi connectivity index (χ3n) is 3.36. The summed E-state index contributed by atoms with van der Waals surface area (Å²) in [7, 11) is 1.53. The van der Waals surface area contributed by atoms with Crippen molar-refractivity contribution in [2.45, 2.75) is 25.3 Å². The van der Waals surface area contributed by atoms with E-state index in [0.717, 1.165) is 0 Å². The van der Waals surface area contributed by atoms with E-state index in [-0.39, 0.29) is 18.3 Å². The number of methoxy groups -OCH3 is 1. The van der Waals surface area contributed by atoms with Gasteiger partial charge in [-0.05, 0) is 37.1 Å². The van der Waals surface area contributed by atoms with Crippen LogP contribution in [-0.4, -0.2) is 19.6 Å². The zero-order chi connectivity index (χ0) is 13.5. The fourth-order valence-electron chi connectivity index (χ4n) is 2.21. The van der Waals surface area contributed by atoms with E-state index in [2.05, 4.69) is 5.32 Å². The molecule has 0 saturated heterocycles. The van der Waals surface area contributed by atoms with E-state index in [4.69, 9.17) is 10.5 Å². The number of nitrogens with two attached hydrogens (primary N) is 1. The number of hydrogen-bond acceptors (Lipinski definition) is 3. The number of carbonyl (C=O) groups is 1. The Labute approximate surface area is 105 Å². The number of nitrogens with one attached hydrogen (secondary N) is 1. The number of carbonyl (C=O) groups excluding carboxylic acids is 1. The second-order valence-corrected chi connectivity index (χ2v) is 5.06. The maximum Gasteiger partial charge on any atom is 0.234 e. The van der Waals surface area contributed by atoms with E-state index >= 15 is 0 Å². The monoisotopic (exact) mass is 252 g/mol. The Hall–Kier alpha value is -1.46. The van der Waals surface area contributed by atoms with Crippen molar-refractivity contribution in [2.24, 2.45) is 5.73 Å². The van der Waals surface area contributed by atoms with Gasteiger partial charge in [0.05, 0.1) is 23.8 Å². The Bertz CT molecular complexity index is 500. The molecule has 0 aromatic heterocycles. The summed E-state index contributed by atoms with van der Waals surface area (Å²) in [5.41, 5.74) is 7.04. The van der Waals surface area contributed by atoms with Crippen molar-refractivity contribution in [2.75, 3.05) is 19.0 Å². The maximum atomic E-state index is 13.7. The molecule has 0 spiro atoms. The average Bonchev–Trinajstić information content (AvgIpc) is 2.51. The number of halogens is 1. The molecule has 0 fully saturated rings. The summed E-state index contributed by atoms with van der Waals surface area (Å²) in [6.45, 7) is 3.80. The highest BCUT2D eigenvalue weighted by Crippen LogP contribution is 2.41. The fraction of sp³-hybridized carbons (Fsp3) is 0.462. The third kappa shape index (κ3) is 1.89. The molecule has 3 N–H and O–H groups in total. The summed E-state index contributed by atoms with van der Waals surface area (Å²) in [6, 6.07) is 2.27. The summed E-state index contributed by atoms with van der Waals surface area (Å²) in [4.78, 5) is 11.9. The summed E-state index contributed by atoms with van der Waals surface area (Å²) >= 11 is 0. The highest BCUT2D eigenvalue weighted by Gasteiger charge is 2.40. The molecule has 0 saturated carbocycles. The van der Waals surface area contributed by atoms with Crippen LogP contribution in [0.3, 0.4) is 0 Å². The Morgan fingerprint density at radius 2 is 2.17 bits per heavy atom. The molecule has 1 amide bonds. The molecule has 1 aliphatic heterocycles. The molecule has 1 aliphatic rings. The molecule has 5 heteroatoms. The summed E-state index contributed by atoms with van der Waals surface area (Å²) in [5, 5.41) is 2.78. The maximum absolute atomic E-state index is 13.7. The standard InChI is InChI=1S/C13H17FN2O2/c1-13(2)9-5-7(14)4-8(10(15)6-18-3)11(9)16-12(13)17/h4-5,10H,6,15H2,1-3H3,(H,16,17). The molecule has 1 heterocycles. The van der Waals surface area contributed by atoms with E-state index in [0.29, 0.717) is 16.8 Å². The van der Waals surface area contributed by atoms with Crippen molar-refractivity contribution >= 4 is 11.6 Å². The van der Waals surface area contributed by atoms with Crippen LogP contribution in [0.2, 0.25) is 0 Å². The van der Waals surface area contributed by atoms with Crippen LogP contribution in [0.25, 0.3) is 0 Å². The third-order valence-corrected chi connectivity index (χ3v) is 3.36. The van der Waals surface area contributed by atoms with Gasteiger partial charge in [-0.2, -0.15) is 0 Å². The van der Waals surface area contributed by atoms with Gasteiger partial charge in [-0.25, -0.2) is 4.39 Å². The first-order valence-corrected chi connectivity index (χ1v) is 5.77. The van der Waals surface area contributed by atoms with E-state index in [9.17, 15) is 9.18 Å². The van der Waals surface area contributed by atoms with Crippen molar-refractivity contribution in [3.63, 3.8) is 0 Å². The Balaban J connectivity index is 2.56. The molecular weight excluding hydrogens is 235 g/mol. The number of anilines is 1. The normalized spacial score (nSPS) is 18.4. The van der Waals surface area contributed by atoms with E-state index in [1.54, 1.807) is 13.8 Å². The van der Waals surface area contributed by atoms with Gasteiger partial charge in [-0.3, -0.25) is 4.79 Å². The first-order valence-electron chi connectivity index (χ1n) is 5.77. The number of benzene rings is 1. The van der Waals surface area contributed by atoms with Crippen molar-refractivity contribution in [3.8, 4) is 0 Å². The molecule has 98 valence electrons. The Kier molecular flexibility index (Phi) is 3.12. The van der Waals surface area contributed by atoms with Gasteiger partial charge in [0.25, 0.3) is 0 Å². The zero-order valence-electron chi connectivity index (χ0n) is 10.7. The van der Waals surface area contributed by atoms with Crippen LogP contribution in [0.1, 0.15) is 31.0 Å².